The van der Waals surface area contributed by atoms with Gasteiger partial charge in [-0.05, 0) is 61.6 Å². The maximum absolute atomic E-state index is 13.3. The number of carbonyl (C=O) groups excluding carboxylic acids is 1. The van der Waals surface area contributed by atoms with Gasteiger partial charge in [-0.1, -0.05) is 17.4 Å². The number of aryl methyl sites for hydroxylation is 2. The Balaban J connectivity index is 1.61. The molecule has 0 aliphatic rings. The smallest absolute Gasteiger partial charge is 0.260 e. The lowest BCUT2D eigenvalue weighted by molar-refractivity contribution is 0.0986. The molecule has 5 nitrogen and oxygen atoms in total. The lowest BCUT2D eigenvalue weighted by Crippen LogP contribution is -2.32. The number of amides is 1. The second kappa shape index (κ2) is 8.80. The largest absolute Gasteiger partial charge is 0.337 e. The first-order chi connectivity index (χ1) is 14.1. The molecule has 2 aromatic heterocycles. The number of hydrogen-bond donors (Lipinski definition) is 0. The number of thioether (sulfide) groups is 1. The number of thiazole rings is 1. The van der Waals surface area contributed by atoms with E-state index in [1.54, 1.807) is 35.6 Å². The molecule has 4 rings (SSSR count). The van der Waals surface area contributed by atoms with Gasteiger partial charge >= 0.3 is 0 Å². The van der Waals surface area contributed by atoms with Gasteiger partial charge in [-0.3, -0.25) is 9.69 Å². The quantitative estimate of drug-likeness (QED) is 0.381. The molecule has 0 saturated carbocycles. The third-order valence-corrected chi connectivity index (χ3v) is 6.49. The molecule has 0 aliphatic carbocycles. The SMILES string of the molecule is CSc1ccc(C(=O)N(CCCn2ccnc2)c2nc3ccc(C)cc3s2)cc1. The Labute approximate surface area is 178 Å². The minimum atomic E-state index is -0.0148. The summed E-state index contributed by atoms with van der Waals surface area (Å²) >= 11 is 3.24. The fourth-order valence-electron chi connectivity index (χ4n) is 3.14. The molecule has 7 heteroatoms. The molecule has 0 radical (unpaired) electrons. The molecule has 0 atom stereocenters. The molecule has 4 aromatic rings. The lowest BCUT2D eigenvalue weighted by atomic mass is 10.2. The number of anilines is 1. The molecule has 0 saturated heterocycles. The van der Waals surface area contributed by atoms with Crippen LogP contribution >= 0.6 is 23.1 Å². The Morgan fingerprint density at radius 1 is 1.21 bits per heavy atom. The van der Waals surface area contributed by atoms with Crippen LogP contribution in [0.1, 0.15) is 22.3 Å². The van der Waals surface area contributed by atoms with Crippen molar-refractivity contribution in [1.29, 1.82) is 0 Å². The highest BCUT2D eigenvalue weighted by Crippen LogP contribution is 2.31. The zero-order valence-corrected chi connectivity index (χ0v) is 18.0. The molecule has 0 aliphatic heterocycles. The number of fused-ring (bicyclic) bond motifs is 1. The van der Waals surface area contributed by atoms with Crippen LogP contribution in [0.25, 0.3) is 10.2 Å². The summed E-state index contributed by atoms with van der Waals surface area (Å²) in [5.74, 6) is -0.0148. The van der Waals surface area contributed by atoms with Gasteiger partial charge in [0.15, 0.2) is 5.13 Å². The van der Waals surface area contributed by atoms with Gasteiger partial charge in [-0.15, -0.1) is 11.8 Å². The molecule has 0 bridgehead atoms. The van der Waals surface area contributed by atoms with Crippen LogP contribution in [0.3, 0.4) is 0 Å². The van der Waals surface area contributed by atoms with Crippen LogP contribution in [-0.4, -0.2) is 33.2 Å². The highest BCUT2D eigenvalue weighted by Gasteiger charge is 2.21. The van der Waals surface area contributed by atoms with E-state index in [1.807, 2.05) is 52.3 Å². The van der Waals surface area contributed by atoms with Gasteiger partial charge in [0.05, 0.1) is 16.5 Å². The average Bonchev–Trinajstić information content (AvgIpc) is 3.40. The molecule has 1 amide bonds. The van der Waals surface area contributed by atoms with Crippen molar-refractivity contribution < 1.29 is 4.79 Å². The highest BCUT2D eigenvalue weighted by atomic mass is 32.2. The number of aromatic nitrogens is 3. The van der Waals surface area contributed by atoms with Crippen molar-refractivity contribution in [2.24, 2.45) is 0 Å². The number of rotatable bonds is 7. The molecule has 0 fully saturated rings. The Morgan fingerprint density at radius 3 is 2.76 bits per heavy atom. The number of carbonyl (C=O) groups is 1. The maximum atomic E-state index is 13.3. The van der Waals surface area contributed by atoms with Crippen LogP contribution in [0.5, 0.6) is 0 Å². The molecule has 2 heterocycles. The van der Waals surface area contributed by atoms with E-state index in [0.717, 1.165) is 33.2 Å². The van der Waals surface area contributed by atoms with Gasteiger partial charge in [0.2, 0.25) is 0 Å². The zero-order chi connectivity index (χ0) is 20.2. The van der Waals surface area contributed by atoms with E-state index in [0.29, 0.717) is 12.1 Å². The average molecular weight is 423 g/mol. The first kappa shape index (κ1) is 19.7. The summed E-state index contributed by atoms with van der Waals surface area (Å²) in [6.07, 6.45) is 8.36. The van der Waals surface area contributed by atoms with Crippen LogP contribution in [0.4, 0.5) is 5.13 Å². The van der Waals surface area contributed by atoms with Crippen LogP contribution < -0.4 is 4.90 Å². The number of nitrogens with zero attached hydrogens (tertiary/aromatic N) is 4. The number of imidazole rings is 1. The Morgan fingerprint density at radius 2 is 2.03 bits per heavy atom. The van der Waals surface area contributed by atoms with Crippen molar-refractivity contribution in [3.05, 3.63) is 72.3 Å². The van der Waals surface area contributed by atoms with E-state index in [-0.39, 0.29) is 5.91 Å². The molecule has 0 N–H and O–H groups in total. The van der Waals surface area contributed by atoms with Gasteiger partial charge in [0.25, 0.3) is 5.91 Å². The Hall–Kier alpha value is -2.64. The summed E-state index contributed by atoms with van der Waals surface area (Å²) in [6, 6.07) is 14.0. The summed E-state index contributed by atoms with van der Waals surface area (Å²) in [5, 5.41) is 0.746. The Kier molecular flexibility index (Phi) is 5.97. The third kappa shape index (κ3) is 4.52. The monoisotopic (exact) mass is 422 g/mol. The minimum absolute atomic E-state index is 0.0148. The first-order valence-corrected chi connectivity index (χ1v) is 11.5. The van der Waals surface area contributed by atoms with Gasteiger partial charge < -0.3 is 4.57 Å². The summed E-state index contributed by atoms with van der Waals surface area (Å²) in [4.78, 5) is 25.1. The van der Waals surface area contributed by atoms with Gasteiger partial charge in [0.1, 0.15) is 0 Å². The zero-order valence-electron chi connectivity index (χ0n) is 16.4. The molecule has 0 spiro atoms. The minimum Gasteiger partial charge on any atom is -0.337 e. The van der Waals surface area contributed by atoms with E-state index >= 15 is 0 Å². The van der Waals surface area contributed by atoms with Crippen LogP contribution in [0.2, 0.25) is 0 Å². The molecule has 2 aromatic carbocycles. The predicted molar refractivity (Wildman–Crippen MR) is 121 cm³/mol. The van der Waals surface area contributed by atoms with Crippen molar-refractivity contribution in [3.63, 3.8) is 0 Å². The highest BCUT2D eigenvalue weighted by molar-refractivity contribution is 7.98. The summed E-state index contributed by atoms with van der Waals surface area (Å²) in [6.45, 7) is 3.47. The molecule has 0 unspecified atom stereocenters. The van der Waals surface area contributed by atoms with Crippen LogP contribution in [-0.2, 0) is 6.54 Å². The summed E-state index contributed by atoms with van der Waals surface area (Å²) < 4.78 is 3.13. The van der Waals surface area contributed by atoms with Crippen LogP contribution in [0, 0.1) is 6.92 Å². The van der Waals surface area contributed by atoms with E-state index in [1.165, 1.54) is 5.56 Å². The fourth-order valence-corrected chi connectivity index (χ4v) is 4.64. The number of hydrogen-bond acceptors (Lipinski definition) is 5. The van der Waals surface area contributed by atoms with E-state index in [4.69, 9.17) is 4.98 Å². The fraction of sp³-hybridized carbons (Fsp3) is 0.227. The predicted octanol–water partition coefficient (Wildman–Crippen LogP) is 5.26. The molecule has 148 valence electrons. The molecular weight excluding hydrogens is 400 g/mol. The lowest BCUT2D eigenvalue weighted by Gasteiger charge is -2.20. The Bertz CT molecular complexity index is 1100. The van der Waals surface area contributed by atoms with E-state index < -0.39 is 0 Å². The molecule has 29 heavy (non-hydrogen) atoms. The van der Waals surface area contributed by atoms with Crippen molar-refractivity contribution in [2.75, 3.05) is 17.7 Å². The van der Waals surface area contributed by atoms with Gasteiger partial charge in [-0.2, -0.15) is 0 Å². The van der Waals surface area contributed by atoms with Crippen molar-refractivity contribution in [1.82, 2.24) is 14.5 Å². The second-order valence-corrected chi connectivity index (χ2v) is 8.70. The van der Waals surface area contributed by atoms with E-state index in [9.17, 15) is 4.79 Å². The third-order valence-electron chi connectivity index (χ3n) is 4.70. The second-order valence-electron chi connectivity index (χ2n) is 6.81. The maximum Gasteiger partial charge on any atom is 0.260 e. The van der Waals surface area contributed by atoms with Crippen molar-refractivity contribution >= 4 is 44.4 Å². The van der Waals surface area contributed by atoms with Crippen molar-refractivity contribution in [3.8, 4) is 0 Å². The standard InChI is InChI=1S/C22H22N4OS2/c1-16-4-9-19-20(14-16)29-22(24-19)26(12-3-11-25-13-10-23-15-25)21(27)17-5-7-18(28-2)8-6-17/h4-10,13-15H,3,11-12H2,1-2H3. The normalized spacial score (nSPS) is 11.1. The molecular formula is C22H22N4OS2. The van der Waals surface area contributed by atoms with Crippen LogP contribution in [0.15, 0.2) is 66.1 Å². The topological polar surface area (TPSA) is 51.0 Å². The summed E-state index contributed by atoms with van der Waals surface area (Å²) in [5.41, 5.74) is 2.81. The number of benzene rings is 2. The van der Waals surface area contributed by atoms with Gasteiger partial charge in [-0.25, -0.2) is 9.97 Å². The summed E-state index contributed by atoms with van der Waals surface area (Å²) in [7, 11) is 0. The van der Waals surface area contributed by atoms with Crippen molar-refractivity contribution in [2.45, 2.75) is 24.8 Å². The first-order valence-electron chi connectivity index (χ1n) is 9.43. The van der Waals surface area contributed by atoms with E-state index in [2.05, 4.69) is 24.0 Å². The van der Waals surface area contributed by atoms with Gasteiger partial charge in [0, 0.05) is 35.9 Å².